The van der Waals surface area contributed by atoms with Gasteiger partial charge in [-0.15, -0.1) is 0 Å². The lowest BCUT2D eigenvalue weighted by atomic mass is 10.1. The summed E-state index contributed by atoms with van der Waals surface area (Å²) in [5.74, 6) is -0.589. The summed E-state index contributed by atoms with van der Waals surface area (Å²) < 4.78 is 12.8. The average molecular weight is 265 g/mol. The van der Waals surface area contributed by atoms with Gasteiger partial charge in [-0.25, -0.2) is 9.37 Å². The van der Waals surface area contributed by atoms with Crippen LogP contribution in [0.25, 0.3) is 0 Å². The maximum atomic E-state index is 12.8. The molecule has 14 heavy (non-hydrogen) atoms. The van der Waals surface area contributed by atoms with Crippen molar-refractivity contribution in [3.8, 4) is 0 Å². The number of nitrogens with zero attached hydrogens (tertiary/aromatic N) is 1. The Labute approximate surface area is 88.7 Å². The fourth-order valence-corrected chi connectivity index (χ4v) is 1.35. The Morgan fingerprint density at radius 3 is 2.79 bits per heavy atom. The first-order valence-corrected chi connectivity index (χ1v) is 5.01. The number of aliphatic hydroxyl groups is 2. The molecule has 6 heteroatoms. The lowest BCUT2D eigenvalue weighted by molar-refractivity contribution is 0.0344. The second-order valence-electron chi connectivity index (χ2n) is 2.79. The number of aliphatic hydroxyl groups excluding tert-OH is 2. The highest BCUT2D eigenvalue weighted by atomic mass is 79.9. The van der Waals surface area contributed by atoms with Crippen LogP contribution >= 0.6 is 15.9 Å². The van der Waals surface area contributed by atoms with Crippen LogP contribution in [-0.2, 0) is 0 Å². The molecule has 0 aliphatic heterocycles. The van der Waals surface area contributed by atoms with Gasteiger partial charge in [0.05, 0.1) is 12.3 Å². The second kappa shape index (κ2) is 4.68. The largest absolute Gasteiger partial charge is 0.389 e. The summed E-state index contributed by atoms with van der Waals surface area (Å²) >= 11 is 2.99. The molecule has 1 rings (SSSR count). The fourth-order valence-electron chi connectivity index (χ4n) is 0.994. The van der Waals surface area contributed by atoms with E-state index in [9.17, 15) is 14.6 Å². The third kappa shape index (κ3) is 2.40. The molecule has 4 nitrogen and oxygen atoms in total. The van der Waals surface area contributed by atoms with Gasteiger partial charge in [0.2, 0.25) is 0 Å². The Kier molecular flexibility index (Phi) is 3.79. The Balaban J connectivity index is 2.99. The zero-order valence-electron chi connectivity index (χ0n) is 7.19. The molecule has 2 unspecified atom stereocenters. The number of pyridine rings is 1. The van der Waals surface area contributed by atoms with Crippen LogP contribution in [0.3, 0.4) is 0 Å². The van der Waals surface area contributed by atoms with Crippen molar-refractivity contribution in [2.45, 2.75) is 12.2 Å². The molecule has 78 valence electrons. The highest BCUT2D eigenvalue weighted by Gasteiger charge is 2.20. The highest BCUT2D eigenvalue weighted by molar-refractivity contribution is 9.09. The molecule has 2 atom stereocenters. The van der Waals surface area contributed by atoms with Gasteiger partial charge in [0, 0.05) is 10.9 Å². The molecule has 0 amide bonds. The SMILES string of the molecule is Nc1ncc(F)cc1C(O)C(O)CBr. The number of anilines is 1. The van der Waals surface area contributed by atoms with Gasteiger partial charge >= 0.3 is 0 Å². The molecule has 0 spiro atoms. The third-order valence-electron chi connectivity index (χ3n) is 1.76. The van der Waals surface area contributed by atoms with Crippen LogP contribution in [0.1, 0.15) is 11.7 Å². The van der Waals surface area contributed by atoms with Gasteiger partial charge in [0.15, 0.2) is 0 Å². The van der Waals surface area contributed by atoms with Gasteiger partial charge in [-0.1, -0.05) is 15.9 Å². The molecule has 0 aromatic carbocycles. The van der Waals surface area contributed by atoms with Crippen molar-refractivity contribution in [3.05, 3.63) is 23.6 Å². The van der Waals surface area contributed by atoms with Crippen LogP contribution in [0.2, 0.25) is 0 Å². The van der Waals surface area contributed by atoms with Crippen LogP contribution in [0, 0.1) is 5.82 Å². The number of nitrogen functional groups attached to an aromatic ring is 1. The summed E-state index contributed by atoms with van der Waals surface area (Å²) in [6.07, 6.45) is -1.33. The van der Waals surface area contributed by atoms with E-state index in [1.807, 2.05) is 0 Å². The van der Waals surface area contributed by atoms with Crippen molar-refractivity contribution in [1.29, 1.82) is 0 Å². The molecular weight excluding hydrogens is 255 g/mol. The summed E-state index contributed by atoms with van der Waals surface area (Å²) in [5.41, 5.74) is 5.51. The first kappa shape index (κ1) is 11.4. The quantitative estimate of drug-likeness (QED) is 0.699. The van der Waals surface area contributed by atoms with Crippen LogP contribution in [0.4, 0.5) is 10.2 Å². The highest BCUT2D eigenvalue weighted by Crippen LogP contribution is 2.22. The van der Waals surface area contributed by atoms with Gasteiger partial charge in [0.25, 0.3) is 0 Å². The van der Waals surface area contributed by atoms with E-state index < -0.39 is 18.0 Å². The number of hydrogen-bond acceptors (Lipinski definition) is 4. The topological polar surface area (TPSA) is 79.4 Å². The smallest absolute Gasteiger partial charge is 0.142 e. The number of hydrogen-bond donors (Lipinski definition) is 3. The van der Waals surface area contributed by atoms with Gasteiger partial charge < -0.3 is 15.9 Å². The maximum Gasteiger partial charge on any atom is 0.142 e. The predicted molar refractivity (Wildman–Crippen MR) is 53.4 cm³/mol. The minimum Gasteiger partial charge on any atom is -0.389 e. The zero-order valence-corrected chi connectivity index (χ0v) is 8.78. The van der Waals surface area contributed by atoms with Crippen LogP contribution in [-0.4, -0.2) is 26.6 Å². The first-order chi connectivity index (χ1) is 6.56. The molecule has 4 N–H and O–H groups in total. The molecule has 1 aromatic heterocycles. The lowest BCUT2D eigenvalue weighted by Crippen LogP contribution is -2.21. The van der Waals surface area contributed by atoms with Crippen LogP contribution < -0.4 is 5.73 Å². The van der Waals surface area contributed by atoms with Gasteiger partial charge in [-0.2, -0.15) is 0 Å². The summed E-state index contributed by atoms with van der Waals surface area (Å²) in [4.78, 5) is 3.53. The maximum absolute atomic E-state index is 12.8. The molecule has 0 radical (unpaired) electrons. The van der Waals surface area contributed by atoms with Crippen molar-refractivity contribution >= 4 is 21.7 Å². The summed E-state index contributed by atoms with van der Waals surface area (Å²) in [6.45, 7) is 0. The van der Waals surface area contributed by atoms with Crippen LogP contribution in [0.5, 0.6) is 0 Å². The van der Waals surface area contributed by atoms with E-state index in [0.29, 0.717) is 0 Å². The Morgan fingerprint density at radius 2 is 2.21 bits per heavy atom. The minimum absolute atomic E-state index is 0.0129. The molecule has 0 aliphatic rings. The number of halogens is 2. The molecule has 0 aliphatic carbocycles. The number of nitrogens with two attached hydrogens (primary N) is 1. The third-order valence-corrected chi connectivity index (χ3v) is 2.42. The fraction of sp³-hybridized carbons (Fsp3) is 0.375. The van der Waals surface area contributed by atoms with Crippen LogP contribution in [0.15, 0.2) is 12.3 Å². The molecule has 0 saturated carbocycles. The molecule has 0 saturated heterocycles. The number of alkyl halides is 1. The second-order valence-corrected chi connectivity index (χ2v) is 3.44. The van der Waals surface area contributed by atoms with E-state index in [1.165, 1.54) is 0 Å². The molecular formula is C8H10BrFN2O2. The molecule has 0 fully saturated rings. The van der Waals surface area contributed by atoms with Crippen molar-refractivity contribution in [2.24, 2.45) is 0 Å². The standard InChI is InChI=1S/C8H10BrFN2O2/c9-2-6(13)7(14)5-1-4(10)3-12-8(5)11/h1,3,6-7,13-14H,2H2,(H2,11,12). The van der Waals surface area contributed by atoms with E-state index in [2.05, 4.69) is 20.9 Å². The van der Waals surface area contributed by atoms with Gasteiger partial charge in [0.1, 0.15) is 17.7 Å². The van der Waals surface area contributed by atoms with E-state index in [4.69, 9.17) is 5.73 Å². The normalized spacial score (nSPS) is 15.1. The number of rotatable bonds is 3. The summed E-state index contributed by atoms with van der Waals surface area (Å²) in [7, 11) is 0. The Hall–Kier alpha value is -0.720. The van der Waals surface area contributed by atoms with E-state index in [-0.39, 0.29) is 16.7 Å². The molecule has 1 aromatic rings. The Bertz CT molecular complexity index is 324. The van der Waals surface area contributed by atoms with Gasteiger partial charge in [-0.05, 0) is 6.07 Å². The summed E-state index contributed by atoms with van der Waals surface area (Å²) in [5, 5.41) is 19.0. The van der Waals surface area contributed by atoms with E-state index in [1.54, 1.807) is 0 Å². The van der Waals surface area contributed by atoms with E-state index >= 15 is 0 Å². The van der Waals surface area contributed by atoms with Crippen molar-refractivity contribution in [2.75, 3.05) is 11.1 Å². The van der Waals surface area contributed by atoms with Gasteiger partial charge in [-0.3, -0.25) is 0 Å². The monoisotopic (exact) mass is 264 g/mol. The molecule has 1 heterocycles. The number of aromatic nitrogens is 1. The Morgan fingerprint density at radius 1 is 1.57 bits per heavy atom. The van der Waals surface area contributed by atoms with Crippen molar-refractivity contribution < 1.29 is 14.6 Å². The molecule has 0 bridgehead atoms. The zero-order chi connectivity index (χ0) is 10.7. The van der Waals surface area contributed by atoms with Crippen molar-refractivity contribution in [3.63, 3.8) is 0 Å². The predicted octanol–water partition coefficient (Wildman–Crippen LogP) is 0.592. The lowest BCUT2D eigenvalue weighted by Gasteiger charge is -2.16. The minimum atomic E-state index is -1.24. The summed E-state index contributed by atoms with van der Waals surface area (Å²) in [6, 6.07) is 1.05. The van der Waals surface area contributed by atoms with Crippen molar-refractivity contribution in [1.82, 2.24) is 4.98 Å². The first-order valence-electron chi connectivity index (χ1n) is 3.89. The average Bonchev–Trinajstić information content (AvgIpc) is 2.19. The van der Waals surface area contributed by atoms with E-state index in [0.717, 1.165) is 12.3 Å².